The molecule has 2 heterocycles. The van der Waals surface area contributed by atoms with Crippen LogP contribution in [0.1, 0.15) is 30.1 Å². The highest BCUT2D eigenvalue weighted by atomic mass is 35.5. The van der Waals surface area contributed by atoms with Crippen LogP contribution in [0.2, 0.25) is 5.02 Å². The summed E-state index contributed by atoms with van der Waals surface area (Å²) in [5, 5.41) is 9.49. The molecule has 8 heteroatoms. The number of anilines is 2. The summed E-state index contributed by atoms with van der Waals surface area (Å²) >= 11 is 6.35. The lowest BCUT2D eigenvalue weighted by molar-refractivity contribution is 0.345. The second-order valence-electron chi connectivity index (χ2n) is 6.52. The molecule has 25 heavy (non-hydrogen) atoms. The molecule has 1 fully saturated rings. The summed E-state index contributed by atoms with van der Waals surface area (Å²) in [6.45, 7) is 0.501. The van der Waals surface area contributed by atoms with Crippen LogP contribution in [-0.4, -0.2) is 25.8 Å². The standard InChI is InChI=1S/C17H20ClN7/c1-25-14-4-2-3-11(18)16(14)13(24-25)8-21-15-7-12(22-17(20)23-15)9-5-10(19)6-9/h2-4,7,9-10H,5-6,8,19H2,1H3,(H3,20,21,22,23). The molecular weight excluding hydrogens is 338 g/mol. The van der Waals surface area contributed by atoms with Crippen LogP contribution in [0, 0.1) is 0 Å². The Morgan fingerprint density at radius 1 is 1.32 bits per heavy atom. The molecule has 1 aromatic carbocycles. The van der Waals surface area contributed by atoms with E-state index < -0.39 is 0 Å². The molecule has 7 nitrogen and oxygen atoms in total. The van der Waals surface area contributed by atoms with E-state index in [1.165, 1.54) is 0 Å². The first-order chi connectivity index (χ1) is 12.0. The zero-order valence-electron chi connectivity index (χ0n) is 13.9. The zero-order valence-corrected chi connectivity index (χ0v) is 14.7. The van der Waals surface area contributed by atoms with Crippen molar-refractivity contribution in [2.24, 2.45) is 12.8 Å². The van der Waals surface area contributed by atoms with Crippen LogP contribution in [0.15, 0.2) is 24.3 Å². The number of nitrogens with one attached hydrogen (secondary N) is 1. The lowest BCUT2D eigenvalue weighted by atomic mass is 9.78. The molecule has 130 valence electrons. The number of aryl methyl sites for hydroxylation is 1. The lowest BCUT2D eigenvalue weighted by Crippen LogP contribution is -2.35. The first-order valence-corrected chi connectivity index (χ1v) is 8.63. The molecule has 0 bridgehead atoms. The molecule has 0 unspecified atom stereocenters. The molecule has 4 rings (SSSR count). The van der Waals surface area contributed by atoms with Crippen molar-refractivity contribution in [3.8, 4) is 0 Å². The topological polar surface area (TPSA) is 108 Å². The fraction of sp³-hybridized carbons (Fsp3) is 0.353. The number of benzene rings is 1. The summed E-state index contributed by atoms with van der Waals surface area (Å²) in [5.41, 5.74) is 14.5. The monoisotopic (exact) mass is 357 g/mol. The van der Waals surface area contributed by atoms with E-state index in [1.807, 2.05) is 36.0 Å². The van der Waals surface area contributed by atoms with Crippen LogP contribution in [-0.2, 0) is 13.6 Å². The third kappa shape index (κ3) is 3.01. The Balaban J connectivity index is 1.58. The second-order valence-corrected chi connectivity index (χ2v) is 6.93. The molecule has 3 aromatic rings. The van der Waals surface area contributed by atoms with Crippen molar-refractivity contribution in [3.63, 3.8) is 0 Å². The van der Waals surface area contributed by atoms with Gasteiger partial charge < -0.3 is 16.8 Å². The van der Waals surface area contributed by atoms with Gasteiger partial charge in [0.2, 0.25) is 5.95 Å². The van der Waals surface area contributed by atoms with Gasteiger partial charge in [-0.15, -0.1) is 0 Å². The van der Waals surface area contributed by atoms with Crippen LogP contribution in [0.25, 0.3) is 10.9 Å². The summed E-state index contributed by atoms with van der Waals surface area (Å²) in [7, 11) is 1.91. The van der Waals surface area contributed by atoms with Crippen LogP contribution >= 0.6 is 11.6 Å². The molecule has 1 saturated carbocycles. The largest absolute Gasteiger partial charge is 0.368 e. The summed E-state index contributed by atoms with van der Waals surface area (Å²) in [5.74, 6) is 1.32. The van der Waals surface area contributed by atoms with Gasteiger partial charge in [-0.25, -0.2) is 4.98 Å². The smallest absolute Gasteiger partial charge is 0.222 e. The Morgan fingerprint density at radius 2 is 2.12 bits per heavy atom. The lowest BCUT2D eigenvalue weighted by Gasteiger charge is -2.32. The Bertz CT molecular complexity index is 930. The predicted molar refractivity (Wildman–Crippen MR) is 99.4 cm³/mol. The molecule has 0 radical (unpaired) electrons. The van der Waals surface area contributed by atoms with Gasteiger partial charge in [0.25, 0.3) is 0 Å². The van der Waals surface area contributed by atoms with E-state index in [-0.39, 0.29) is 12.0 Å². The van der Waals surface area contributed by atoms with E-state index in [2.05, 4.69) is 20.4 Å². The van der Waals surface area contributed by atoms with Crippen LogP contribution in [0.3, 0.4) is 0 Å². The third-order valence-electron chi connectivity index (χ3n) is 4.69. The summed E-state index contributed by atoms with van der Waals surface area (Å²) < 4.78 is 1.83. The maximum Gasteiger partial charge on any atom is 0.222 e. The van der Waals surface area contributed by atoms with E-state index in [0.717, 1.165) is 35.1 Å². The molecule has 0 atom stereocenters. The molecule has 5 N–H and O–H groups in total. The highest BCUT2D eigenvalue weighted by molar-refractivity contribution is 6.35. The van der Waals surface area contributed by atoms with Crippen molar-refractivity contribution in [2.45, 2.75) is 31.3 Å². The quantitative estimate of drug-likeness (QED) is 0.661. The molecule has 0 aliphatic heterocycles. The summed E-state index contributed by atoms with van der Waals surface area (Å²) in [6, 6.07) is 8.00. The average molecular weight is 358 g/mol. The summed E-state index contributed by atoms with van der Waals surface area (Å²) in [6.07, 6.45) is 1.88. The molecule has 0 saturated heterocycles. The van der Waals surface area contributed by atoms with Gasteiger partial charge in [-0.3, -0.25) is 4.68 Å². The average Bonchev–Trinajstić information content (AvgIpc) is 2.87. The number of halogens is 1. The maximum atomic E-state index is 6.35. The second kappa shape index (κ2) is 6.16. The van der Waals surface area contributed by atoms with Gasteiger partial charge in [0.15, 0.2) is 0 Å². The maximum absolute atomic E-state index is 6.35. The van der Waals surface area contributed by atoms with Crippen molar-refractivity contribution in [1.29, 1.82) is 0 Å². The SMILES string of the molecule is Cn1nc(CNc2cc(C3CC(N)C3)nc(N)n2)c2c(Cl)cccc21. The molecule has 0 amide bonds. The number of nitrogens with two attached hydrogens (primary N) is 2. The predicted octanol–water partition coefficient (Wildman–Crippen LogP) is 2.42. The highest BCUT2D eigenvalue weighted by Gasteiger charge is 2.29. The van der Waals surface area contributed by atoms with Gasteiger partial charge in [0, 0.05) is 30.5 Å². The fourth-order valence-corrected chi connectivity index (χ4v) is 3.62. The minimum Gasteiger partial charge on any atom is -0.368 e. The number of aromatic nitrogens is 4. The van der Waals surface area contributed by atoms with Crippen LogP contribution < -0.4 is 16.8 Å². The van der Waals surface area contributed by atoms with E-state index in [1.54, 1.807) is 0 Å². The minimum atomic E-state index is 0.264. The van der Waals surface area contributed by atoms with Crippen molar-refractivity contribution < 1.29 is 0 Å². The Hall–Kier alpha value is -2.38. The molecule has 0 spiro atoms. The van der Waals surface area contributed by atoms with Crippen molar-refractivity contribution >= 4 is 34.3 Å². The van der Waals surface area contributed by atoms with Crippen LogP contribution in [0.5, 0.6) is 0 Å². The first-order valence-electron chi connectivity index (χ1n) is 8.25. The van der Waals surface area contributed by atoms with E-state index in [0.29, 0.717) is 23.3 Å². The van der Waals surface area contributed by atoms with E-state index in [4.69, 9.17) is 23.1 Å². The molecular formula is C17H20ClN7. The number of nitrogens with zero attached hydrogens (tertiary/aromatic N) is 4. The van der Waals surface area contributed by atoms with Gasteiger partial charge in [-0.05, 0) is 25.0 Å². The van der Waals surface area contributed by atoms with Gasteiger partial charge in [-0.2, -0.15) is 10.1 Å². The number of fused-ring (bicyclic) bond motifs is 1. The third-order valence-corrected chi connectivity index (χ3v) is 5.01. The Kier molecular flexibility index (Phi) is 3.97. The first kappa shape index (κ1) is 16.1. The van der Waals surface area contributed by atoms with Gasteiger partial charge >= 0.3 is 0 Å². The fourth-order valence-electron chi connectivity index (χ4n) is 3.34. The van der Waals surface area contributed by atoms with Crippen molar-refractivity contribution in [1.82, 2.24) is 19.7 Å². The van der Waals surface area contributed by atoms with Crippen molar-refractivity contribution in [3.05, 3.63) is 40.7 Å². The Labute approximate surface area is 150 Å². The van der Waals surface area contributed by atoms with E-state index in [9.17, 15) is 0 Å². The van der Waals surface area contributed by atoms with Crippen molar-refractivity contribution in [2.75, 3.05) is 11.1 Å². The number of nitrogen functional groups attached to an aromatic ring is 1. The molecule has 1 aliphatic rings. The van der Waals surface area contributed by atoms with Gasteiger partial charge in [-0.1, -0.05) is 17.7 Å². The molecule has 1 aliphatic carbocycles. The number of hydrogen-bond acceptors (Lipinski definition) is 6. The zero-order chi connectivity index (χ0) is 17.6. The number of hydrogen-bond donors (Lipinski definition) is 3. The highest BCUT2D eigenvalue weighted by Crippen LogP contribution is 2.35. The summed E-state index contributed by atoms with van der Waals surface area (Å²) in [4.78, 5) is 8.62. The van der Waals surface area contributed by atoms with Crippen LogP contribution in [0.4, 0.5) is 11.8 Å². The van der Waals surface area contributed by atoms with E-state index >= 15 is 0 Å². The van der Waals surface area contributed by atoms with Gasteiger partial charge in [0.1, 0.15) is 5.82 Å². The minimum absolute atomic E-state index is 0.264. The normalized spacial score (nSPS) is 19.8. The Morgan fingerprint density at radius 3 is 2.88 bits per heavy atom. The molecule has 2 aromatic heterocycles. The van der Waals surface area contributed by atoms with Gasteiger partial charge in [0.05, 0.1) is 28.5 Å². The number of rotatable bonds is 4.